The van der Waals surface area contributed by atoms with E-state index in [9.17, 15) is 9.18 Å². The van der Waals surface area contributed by atoms with Gasteiger partial charge in [-0.25, -0.2) is 13.8 Å². The fourth-order valence-electron chi connectivity index (χ4n) is 3.03. The summed E-state index contributed by atoms with van der Waals surface area (Å²) in [6, 6.07) is 2.53. The number of morpholine rings is 1. The van der Waals surface area contributed by atoms with Gasteiger partial charge in [0.2, 0.25) is 0 Å². The van der Waals surface area contributed by atoms with E-state index in [1.807, 2.05) is 4.90 Å². The van der Waals surface area contributed by atoms with Crippen molar-refractivity contribution in [2.45, 2.75) is 20.3 Å². The smallest absolute Gasteiger partial charge is 0.330 e. The van der Waals surface area contributed by atoms with Crippen LogP contribution >= 0.6 is 0 Å². The number of carbonyl (C=O) groups excluding carboxylic acids is 1. The van der Waals surface area contributed by atoms with Crippen LogP contribution in [0.5, 0.6) is 6.01 Å². The predicted octanol–water partition coefficient (Wildman–Crippen LogP) is 2.62. The summed E-state index contributed by atoms with van der Waals surface area (Å²) in [4.78, 5) is 19.1. The monoisotopic (exact) mass is 364 g/mol. The van der Waals surface area contributed by atoms with Crippen LogP contribution in [0.25, 0.3) is 11.0 Å². The maximum absolute atomic E-state index is 14.3. The van der Waals surface area contributed by atoms with Gasteiger partial charge in [-0.2, -0.15) is 4.98 Å². The van der Waals surface area contributed by atoms with Gasteiger partial charge in [-0.15, -0.1) is 0 Å². The van der Waals surface area contributed by atoms with Gasteiger partial charge in [-0.3, -0.25) is 0 Å². The average molecular weight is 364 g/mol. The molecule has 3 rings (SSSR count). The molecule has 0 atom stereocenters. The highest BCUT2D eigenvalue weighted by Gasteiger charge is 2.23. The number of anilines is 1. The number of rotatable bonds is 5. The Morgan fingerprint density at radius 1 is 1.38 bits per heavy atom. The number of aromatic nitrogens is 2. The standard InChI is InChI=1S/C18H25FN4O3/c1-12(2)4-5-20-17(24)23-15-11-13(19)10-14(16(15)21-18(23)25-3)22-6-8-26-9-7-22/h10-12H,4-9H2,1-3H3,(H,20,24). The lowest BCUT2D eigenvalue weighted by atomic mass is 10.1. The number of nitrogens with zero attached hydrogens (tertiary/aromatic N) is 3. The number of fused-ring (bicyclic) bond motifs is 1. The van der Waals surface area contributed by atoms with Crippen LogP contribution in [0, 0.1) is 11.7 Å². The minimum Gasteiger partial charge on any atom is -0.468 e. The average Bonchev–Trinajstić information content (AvgIpc) is 2.99. The number of methoxy groups -OCH3 is 1. The summed E-state index contributed by atoms with van der Waals surface area (Å²) in [5.74, 6) is 0.0554. The molecule has 2 heterocycles. The Hall–Kier alpha value is -2.35. The van der Waals surface area contributed by atoms with E-state index in [1.54, 1.807) is 0 Å². The number of carbonyl (C=O) groups is 1. The Kier molecular flexibility index (Phi) is 5.61. The lowest BCUT2D eigenvalue weighted by molar-refractivity contribution is 0.123. The highest BCUT2D eigenvalue weighted by Crippen LogP contribution is 2.31. The Balaban J connectivity index is 2.00. The van der Waals surface area contributed by atoms with Crippen LogP contribution in [0.2, 0.25) is 0 Å². The minimum absolute atomic E-state index is 0.141. The summed E-state index contributed by atoms with van der Waals surface area (Å²) < 4.78 is 26.2. The maximum Gasteiger partial charge on any atom is 0.330 e. The third-order valence-electron chi connectivity index (χ3n) is 4.41. The highest BCUT2D eigenvalue weighted by molar-refractivity contribution is 5.97. The molecule has 0 spiro atoms. The topological polar surface area (TPSA) is 68.6 Å². The molecular formula is C18H25FN4O3. The van der Waals surface area contributed by atoms with Crippen LogP contribution in [0.1, 0.15) is 20.3 Å². The fraction of sp³-hybridized carbons (Fsp3) is 0.556. The van der Waals surface area contributed by atoms with Crippen molar-refractivity contribution in [1.82, 2.24) is 14.9 Å². The lowest BCUT2D eigenvalue weighted by Crippen LogP contribution is -2.36. The van der Waals surface area contributed by atoms with Crippen molar-refractivity contribution >= 4 is 22.8 Å². The molecule has 0 aliphatic carbocycles. The lowest BCUT2D eigenvalue weighted by Gasteiger charge is -2.29. The molecular weight excluding hydrogens is 339 g/mol. The van der Waals surface area contributed by atoms with Gasteiger partial charge >= 0.3 is 12.0 Å². The SMILES string of the molecule is COc1nc2c(N3CCOCC3)cc(F)cc2n1C(=O)NCCC(C)C. The fourth-order valence-corrected chi connectivity index (χ4v) is 3.03. The maximum atomic E-state index is 14.3. The van der Waals surface area contributed by atoms with Crippen LogP contribution in [0.15, 0.2) is 12.1 Å². The molecule has 0 radical (unpaired) electrons. The van der Waals surface area contributed by atoms with Gasteiger partial charge in [0.05, 0.1) is 31.5 Å². The molecule has 2 aromatic rings. The Morgan fingerprint density at radius 3 is 2.77 bits per heavy atom. The molecule has 1 aliphatic heterocycles. The Morgan fingerprint density at radius 2 is 2.12 bits per heavy atom. The molecule has 7 nitrogen and oxygen atoms in total. The quantitative estimate of drug-likeness (QED) is 0.883. The first kappa shape index (κ1) is 18.4. The van der Waals surface area contributed by atoms with E-state index in [1.165, 1.54) is 23.8 Å². The summed E-state index contributed by atoms with van der Waals surface area (Å²) >= 11 is 0. The zero-order chi connectivity index (χ0) is 18.7. The van der Waals surface area contributed by atoms with Gasteiger partial charge in [0.1, 0.15) is 11.3 Å². The van der Waals surface area contributed by atoms with Crippen LogP contribution in [0.3, 0.4) is 0 Å². The summed E-state index contributed by atoms with van der Waals surface area (Å²) in [5, 5.41) is 2.85. The van der Waals surface area contributed by atoms with Crippen molar-refractivity contribution in [1.29, 1.82) is 0 Å². The van der Waals surface area contributed by atoms with E-state index < -0.39 is 5.82 Å². The van der Waals surface area contributed by atoms with E-state index in [0.29, 0.717) is 55.5 Å². The molecule has 1 aliphatic rings. The zero-order valence-electron chi connectivity index (χ0n) is 15.4. The minimum atomic E-state index is -0.419. The molecule has 1 amide bonds. The normalized spacial score (nSPS) is 14.9. The molecule has 1 saturated heterocycles. The number of hydrogen-bond donors (Lipinski definition) is 1. The molecule has 1 fully saturated rings. The van der Waals surface area contributed by atoms with E-state index in [0.717, 1.165) is 6.42 Å². The van der Waals surface area contributed by atoms with Crippen LogP contribution in [0.4, 0.5) is 14.9 Å². The van der Waals surface area contributed by atoms with Gasteiger partial charge in [-0.05, 0) is 18.4 Å². The molecule has 0 saturated carbocycles. The first-order chi connectivity index (χ1) is 12.5. The van der Waals surface area contributed by atoms with Gasteiger partial charge in [0.25, 0.3) is 0 Å². The molecule has 1 N–H and O–H groups in total. The molecule has 142 valence electrons. The van der Waals surface area contributed by atoms with Crippen LogP contribution in [-0.2, 0) is 4.74 Å². The largest absolute Gasteiger partial charge is 0.468 e. The second kappa shape index (κ2) is 7.90. The number of halogens is 1. The van der Waals surface area contributed by atoms with E-state index in [-0.39, 0.29) is 12.0 Å². The summed E-state index contributed by atoms with van der Waals surface area (Å²) in [7, 11) is 1.45. The Labute approximate surface area is 152 Å². The van der Waals surface area contributed by atoms with Gasteiger partial charge < -0.3 is 19.7 Å². The first-order valence-electron chi connectivity index (χ1n) is 8.88. The number of amides is 1. The molecule has 1 aromatic heterocycles. The summed E-state index contributed by atoms with van der Waals surface area (Å²) in [6.07, 6.45) is 0.855. The summed E-state index contributed by atoms with van der Waals surface area (Å²) in [6.45, 7) is 7.15. The molecule has 8 heteroatoms. The third kappa shape index (κ3) is 3.75. The van der Waals surface area contributed by atoms with Crippen LogP contribution in [-0.4, -0.2) is 55.5 Å². The van der Waals surface area contributed by atoms with Crippen molar-refractivity contribution in [3.05, 3.63) is 17.9 Å². The van der Waals surface area contributed by atoms with Crippen LogP contribution < -0.4 is 15.0 Å². The predicted molar refractivity (Wildman–Crippen MR) is 97.5 cm³/mol. The molecule has 1 aromatic carbocycles. The second-order valence-electron chi connectivity index (χ2n) is 6.74. The van der Waals surface area contributed by atoms with Crippen molar-refractivity contribution in [2.24, 2.45) is 5.92 Å². The third-order valence-corrected chi connectivity index (χ3v) is 4.41. The number of ether oxygens (including phenoxy) is 2. The van der Waals surface area contributed by atoms with E-state index in [4.69, 9.17) is 9.47 Å². The second-order valence-corrected chi connectivity index (χ2v) is 6.74. The number of hydrogen-bond acceptors (Lipinski definition) is 5. The summed E-state index contributed by atoms with van der Waals surface area (Å²) in [5.41, 5.74) is 1.59. The van der Waals surface area contributed by atoms with Crippen molar-refractivity contribution in [3.8, 4) is 6.01 Å². The van der Waals surface area contributed by atoms with Crippen molar-refractivity contribution in [3.63, 3.8) is 0 Å². The molecule has 0 bridgehead atoms. The van der Waals surface area contributed by atoms with Gasteiger partial charge in [-0.1, -0.05) is 13.8 Å². The number of imidazole rings is 1. The first-order valence-corrected chi connectivity index (χ1v) is 8.88. The van der Waals surface area contributed by atoms with E-state index in [2.05, 4.69) is 24.1 Å². The van der Waals surface area contributed by atoms with E-state index >= 15 is 0 Å². The molecule has 26 heavy (non-hydrogen) atoms. The Bertz CT molecular complexity index is 784. The number of nitrogens with one attached hydrogen (secondary N) is 1. The zero-order valence-corrected chi connectivity index (χ0v) is 15.4. The van der Waals surface area contributed by atoms with Crippen molar-refractivity contribution < 1.29 is 18.7 Å². The number of benzene rings is 1. The van der Waals surface area contributed by atoms with Crippen molar-refractivity contribution in [2.75, 3.05) is 44.9 Å². The molecule has 0 unspecified atom stereocenters. The van der Waals surface area contributed by atoms with Gasteiger partial charge in [0.15, 0.2) is 0 Å². The van der Waals surface area contributed by atoms with Gasteiger partial charge in [0, 0.05) is 25.7 Å². The highest BCUT2D eigenvalue weighted by atomic mass is 19.1.